The summed E-state index contributed by atoms with van der Waals surface area (Å²) >= 11 is 0. The molecule has 4 nitrogen and oxygen atoms in total. The minimum atomic E-state index is -1.61. The SMILES string of the molecule is CCCC(NC(C)N)[SiH](OCC)OCC. The highest BCUT2D eigenvalue weighted by atomic mass is 28.3. The molecule has 0 spiro atoms. The van der Waals surface area contributed by atoms with Gasteiger partial charge in [-0.3, -0.25) is 5.32 Å². The van der Waals surface area contributed by atoms with Gasteiger partial charge in [-0.1, -0.05) is 13.3 Å². The van der Waals surface area contributed by atoms with Gasteiger partial charge < -0.3 is 14.6 Å². The Morgan fingerprint density at radius 3 is 2.07 bits per heavy atom. The van der Waals surface area contributed by atoms with E-state index in [2.05, 4.69) is 12.2 Å². The lowest BCUT2D eigenvalue weighted by atomic mass is 10.3. The van der Waals surface area contributed by atoms with Crippen LogP contribution in [0.3, 0.4) is 0 Å². The Labute approximate surface area is 95.4 Å². The van der Waals surface area contributed by atoms with Crippen LogP contribution in [0.2, 0.25) is 0 Å². The fourth-order valence-electron chi connectivity index (χ4n) is 1.56. The van der Waals surface area contributed by atoms with Crippen LogP contribution < -0.4 is 11.1 Å². The Balaban J connectivity index is 4.22. The van der Waals surface area contributed by atoms with Crippen LogP contribution in [-0.2, 0) is 8.85 Å². The van der Waals surface area contributed by atoms with Gasteiger partial charge in [0.25, 0.3) is 0 Å². The highest BCUT2D eigenvalue weighted by molar-refractivity contribution is 6.46. The fourth-order valence-corrected chi connectivity index (χ4v) is 3.84. The smallest absolute Gasteiger partial charge is 0.338 e. The van der Waals surface area contributed by atoms with Crippen LogP contribution in [0.5, 0.6) is 0 Å². The number of hydrogen-bond acceptors (Lipinski definition) is 4. The average Bonchev–Trinajstić information content (AvgIpc) is 2.16. The molecule has 0 aromatic rings. The molecule has 0 aromatic carbocycles. The van der Waals surface area contributed by atoms with E-state index in [0.717, 1.165) is 26.1 Å². The van der Waals surface area contributed by atoms with Crippen LogP contribution in [0.15, 0.2) is 0 Å². The van der Waals surface area contributed by atoms with Gasteiger partial charge in [-0.25, -0.2) is 0 Å². The second-order valence-electron chi connectivity index (χ2n) is 3.63. The molecular weight excluding hydrogens is 208 g/mol. The van der Waals surface area contributed by atoms with E-state index in [1.54, 1.807) is 0 Å². The van der Waals surface area contributed by atoms with Crippen molar-refractivity contribution in [2.75, 3.05) is 13.2 Å². The topological polar surface area (TPSA) is 56.5 Å². The number of hydrogen-bond donors (Lipinski definition) is 2. The van der Waals surface area contributed by atoms with Crippen molar-refractivity contribution in [1.29, 1.82) is 0 Å². The van der Waals surface area contributed by atoms with Gasteiger partial charge in [-0.05, 0) is 27.2 Å². The van der Waals surface area contributed by atoms with Crippen molar-refractivity contribution in [3.8, 4) is 0 Å². The number of rotatable bonds is 9. The molecule has 0 saturated heterocycles. The Morgan fingerprint density at radius 1 is 1.20 bits per heavy atom. The molecule has 15 heavy (non-hydrogen) atoms. The van der Waals surface area contributed by atoms with Crippen molar-refractivity contribution in [2.24, 2.45) is 5.73 Å². The van der Waals surface area contributed by atoms with Gasteiger partial charge in [0.1, 0.15) is 0 Å². The zero-order valence-corrected chi connectivity index (χ0v) is 11.6. The van der Waals surface area contributed by atoms with E-state index in [0.29, 0.717) is 5.67 Å². The summed E-state index contributed by atoms with van der Waals surface area (Å²) in [5.41, 5.74) is 6.07. The molecule has 0 amide bonds. The van der Waals surface area contributed by atoms with Crippen LogP contribution in [-0.4, -0.2) is 34.3 Å². The molecule has 5 heteroatoms. The van der Waals surface area contributed by atoms with Gasteiger partial charge >= 0.3 is 9.28 Å². The quantitative estimate of drug-likeness (QED) is 0.459. The molecule has 0 aliphatic carbocycles. The summed E-state index contributed by atoms with van der Waals surface area (Å²) in [6, 6.07) is 0. The van der Waals surface area contributed by atoms with Gasteiger partial charge in [0.05, 0.1) is 6.17 Å². The third-order valence-corrected chi connectivity index (χ3v) is 4.57. The van der Waals surface area contributed by atoms with Crippen molar-refractivity contribution in [3.63, 3.8) is 0 Å². The van der Waals surface area contributed by atoms with Crippen LogP contribution >= 0.6 is 0 Å². The standard InChI is InChI=1S/C10H26N2O2Si/c1-5-8-10(12-9(4)11)15(13-6-2)14-7-3/h9-10,12,15H,5-8,11H2,1-4H3. The van der Waals surface area contributed by atoms with Gasteiger partial charge in [-0.15, -0.1) is 0 Å². The zero-order chi connectivity index (χ0) is 11.7. The monoisotopic (exact) mass is 234 g/mol. The number of nitrogens with one attached hydrogen (secondary N) is 1. The van der Waals surface area contributed by atoms with Gasteiger partial charge in [0, 0.05) is 18.9 Å². The maximum absolute atomic E-state index is 5.75. The molecule has 0 heterocycles. The molecule has 0 aliphatic rings. The van der Waals surface area contributed by atoms with Crippen molar-refractivity contribution in [3.05, 3.63) is 0 Å². The molecule has 0 fully saturated rings. The summed E-state index contributed by atoms with van der Waals surface area (Å²) in [6.45, 7) is 9.57. The largest absolute Gasteiger partial charge is 0.396 e. The lowest BCUT2D eigenvalue weighted by Crippen LogP contribution is -2.52. The van der Waals surface area contributed by atoms with E-state index >= 15 is 0 Å². The van der Waals surface area contributed by atoms with Crippen LogP contribution in [0.1, 0.15) is 40.5 Å². The summed E-state index contributed by atoms with van der Waals surface area (Å²) < 4.78 is 11.4. The summed E-state index contributed by atoms with van der Waals surface area (Å²) in [7, 11) is -1.61. The van der Waals surface area contributed by atoms with Crippen LogP contribution in [0.4, 0.5) is 0 Å². The Bertz CT molecular complexity index is 141. The second-order valence-corrected chi connectivity index (χ2v) is 5.84. The third-order valence-electron chi connectivity index (χ3n) is 2.07. The minimum absolute atomic E-state index is 0.00235. The Kier molecular flexibility index (Phi) is 9.33. The first kappa shape index (κ1) is 15.1. The van der Waals surface area contributed by atoms with E-state index in [9.17, 15) is 0 Å². The zero-order valence-electron chi connectivity index (χ0n) is 10.5. The first-order valence-corrected chi connectivity index (χ1v) is 7.51. The summed E-state index contributed by atoms with van der Waals surface area (Å²) in [4.78, 5) is 0. The summed E-state index contributed by atoms with van der Waals surface area (Å²) in [5, 5.41) is 3.34. The van der Waals surface area contributed by atoms with Gasteiger partial charge in [-0.2, -0.15) is 0 Å². The van der Waals surface area contributed by atoms with E-state index in [-0.39, 0.29) is 6.17 Å². The molecule has 2 unspecified atom stereocenters. The van der Waals surface area contributed by atoms with Crippen molar-refractivity contribution < 1.29 is 8.85 Å². The molecule has 2 atom stereocenters. The van der Waals surface area contributed by atoms with Gasteiger partial charge in [0.15, 0.2) is 0 Å². The molecule has 0 aromatic heterocycles. The van der Waals surface area contributed by atoms with Crippen LogP contribution in [0, 0.1) is 0 Å². The number of nitrogens with two attached hydrogens (primary N) is 1. The second kappa shape index (κ2) is 9.29. The van der Waals surface area contributed by atoms with E-state index < -0.39 is 9.28 Å². The molecule has 0 rings (SSSR count). The molecule has 0 radical (unpaired) electrons. The average molecular weight is 234 g/mol. The highest BCUT2D eigenvalue weighted by Gasteiger charge is 2.25. The third kappa shape index (κ3) is 7.02. The van der Waals surface area contributed by atoms with Crippen molar-refractivity contribution in [1.82, 2.24) is 5.32 Å². The molecular formula is C10H26N2O2Si. The predicted molar refractivity (Wildman–Crippen MR) is 65.9 cm³/mol. The highest BCUT2D eigenvalue weighted by Crippen LogP contribution is 2.05. The first-order valence-electron chi connectivity index (χ1n) is 5.90. The molecule has 3 N–H and O–H groups in total. The summed E-state index contributed by atoms with van der Waals surface area (Å²) in [5.74, 6) is 0. The van der Waals surface area contributed by atoms with Gasteiger partial charge in [0.2, 0.25) is 0 Å². The Hall–Kier alpha value is 0.0569. The molecule has 0 bridgehead atoms. The van der Waals surface area contributed by atoms with Crippen LogP contribution in [0.25, 0.3) is 0 Å². The molecule has 0 saturated carbocycles. The minimum Gasteiger partial charge on any atom is -0.396 e. The maximum Gasteiger partial charge on any atom is 0.338 e. The van der Waals surface area contributed by atoms with E-state index in [4.69, 9.17) is 14.6 Å². The molecule has 0 aliphatic heterocycles. The lowest BCUT2D eigenvalue weighted by Gasteiger charge is -2.27. The maximum atomic E-state index is 5.75. The summed E-state index contributed by atoms with van der Waals surface area (Å²) in [6.07, 6.45) is 2.18. The molecule has 92 valence electrons. The fraction of sp³-hybridized carbons (Fsp3) is 1.00. The first-order chi connectivity index (χ1) is 7.15. The van der Waals surface area contributed by atoms with E-state index in [1.807, 2.05) is 20.8 Å². The lowest BCUT2D eigenvalue weighted by molar-refractivity contribution is 0.195. The van der Waals surface area contributed by atoms with Crippen molar-refractivity contribution in [2.45, 2.75) is 52.4 Å². The normalized spacial score (nSPS) is 15.6. The predicted octanol–water partition coefficient (Wildman–Crippen LogP) is 0.882. The Morgan fingerprint density at radius 2 is 1.73 bits per heavy atom. The van der Waals surface area contributed by atoms with E-state index in [1.165, 1.54) is 0 Å². The van der Waals surface area contributed by atoms with Crippen molar-refractivity contribution >= 4 is 9.28 Å².